The average molecular weight is 328 g/mol. The van der Waals surface area contributed by atoms with E-state index >= 15 is 0 Å². The Morgan fingerprint density at radius 2 is 2.13 bits per heavy atom. The van der Waals surface area contributed by atoms with Gasteiger partial charge >= 0.3 is 6.36 Å². The normalized spacial score (nSPS) is 10.9. The molecule has 0 aliphatic rings. The number of halogens is 4. The molecule has 3 nitrogen and oxygen atoms in total. The van der Waals surface area contributed by atoms with Crippen LogP contribution in [0, 0.1) is 14.9 Å². The summed E-state index contributed by atoms with van der Waals surface area (Å²) in [6.07, 6.45) is -4.82. The van der Waals surface area contributed by atoms with Crippen molar-refractivity contribution in [1.29, 1.82) is 5.26 Å². The van der Waals surface area contributed by atoms with Gasteiger partial charge in [0.25, 0.3) is 0 Å². The van der Waals surface area contributed by atoms with Gasteiger partial charge in [0, 0.05) is 0 Å². The first-order valence-corrected chi connectivity index (χ1v) is 4.78. The summed E-state index contributed by atoms with van der Waals surface area (Å²) in [4.78, 5) is 3.58. The second-order valence-corrected chi connectivity index (χ2v) is 3.63. The highest BCUT2D eigenvalue weighted by molar-refractivity contribution is 14.1. The molecule has 15 heavy (non-hydrogen) atoms. The predicted molar refractivity (Wildman–Crippen MR) is 53.0 cm³/mol. The maximum Gasteiger partial charge on any atom is 0.574 e. The van der Waals surface area contributed by atoms with E-state index < -0.39 is 12.2 Å². The second kappa shape index (κ2) is 4.65. The first-order chi connectivity index (χ1) is 6.92. The van der Waals surface area contributed by atoms with Crippen molar-refractivity contribution in [3.63, 3.8) is 0 Å². The van der Waals surface area contributed by atoms with E-state index in [9.17, 15) is 13.2 Å². The Morgan fingerprint density at radius 3 is 2.67 bits per heavy atom. The molecule has 1 aromatic heterocycles. The van der Waals surface area contributed by atoms with Crippen molar-refractivity contribution in [2.75, 3.05) is 0 Å². The number of pyridine rings is 1. The molecule has 0 saturated carbocycles. The number of hydrogen-bond donors (Lipinski definition) is 0. The number of nitrogens with zero attached hydrogens (tertiary/aromatic N) is 2. The quantitative estimate of drug-likeness (QED) is 0.784. The molecule has 0 fully saturated rings. The number of ether oxygens (including phenoxy) is 1. The lowest BCUT2D eigenvalue weighted by Crippen LogP contribution is -2.19. The van der Waals surface area contributed by atoms with Gasteiger partial charge in [-0.3, -0.25) is 0 Å². The van der Waals surface area contributed by atoms with Crippen LogP contribution in [-0.2, 0) is 6.42 Å². The summed E-state index contributed by atoms with van der Waals surface area (Å²) in [6, 6.07) is 4.69. The van der Waals surface area contributed by atoms with Crippen molar-refractivity contribution in [2.45, 2.75) is 12.8 Å². The van der Waals surface area contributed by atoms with Crippen LogP contribution in [0.1, 0.15) is 5.69 Å². The largest absolute Gasteiger partial charge is 0.574 e. The average Bonchev–Trinajstić information content (AvgIpc) is 2.09. The summed E-state index contributed by atoms with van der Waals surface area (Å²) in [5.74, 6) is -0.518. The molecule has 0 saturated heterocycles. The van der Waals surface area contributed by atoms with E-state index in [2.05, 4.69) is 9.72 Å². The molecule has 0 radical (unpaired) electrons. The Hall–Kier alpha value is -1.04. The molecule has 7 heteroatoms. The maximum absolute atomic E-state index is 11.9. The zero-order chi connectivity index (χ0) is 11.5. The molecule has 0 N–H and O–H groups in total. The summed E-state index contributed by atoms with van der Waals surface area (Å²) in [7, 11) is 0. The van der Waals surface area contributed by atoms with Crippen LogP contribution < -0.4 is 4.74 Å². The molecule has 0 unspecified atom stereocenters. The molecule has 0 bridgehead atoms. The van der Waals surface area contributed by atoms with Crippen LogP contribution in [0.2, 0.25) is 0 Å². The van der Waals surface area contributed by atoms with Crippen LogP contribution in [0.15, 0.2) is 12.1 Å². The van der Waals surface area contributed by atoms with E-state index in [0.29, 0.717) is 0 Å². The third-order valence-electron chi connectivity index (χ3n) is 1.34. The number of aromatic nitrogens is 1. The third-order valence-corrected chi connectivity index (χ3v) is 2.17. The molecule has 1 aromatic rings. The van der Waals surface area contributed by atoms with Crippen molar-refractivity contribution in [2.24, 2.45) is 0 Å². The fourth-order valence-corrected chi connectivity index (χ4v) is 1.23. The summed E-state index contributed by atoms with van der Waals surface area (Å²) in [6.45, 7) is 0. The van der Waals surface area contributed by atoms with E-state index in [1.807, 2.05) is 0 Å². The molecule has 0 aliphatic carbocycles. The monoisotopic (exact) mass is 328 g/mol. The molecule has 0 amide bonds. The Labute approximate surface area is 97.0 Å². The Bertz CT molecular complexity index is 400. The van der Waals surface area contributed by atoms with Crippen LogP contribution in [0.25, 0.3) is 0 Å². The van der Waals surface area contributed by atoms with Gasteiger partial charge in [-0.1, -0.05) is 0 Å². The Morgan fingerprint density at radius 1 is 1.47 bits per heavy atom. The first kappa shape index (κ1) is 12.0. The van der Waals surface area contributed by atoms with Gasteiger partial charge in [-0.25, -0.2) is 4.98 Å². The van der Waals surface area contributed by atoms with E-state index in [0.717, 1.165) is 0 Å². The third kappa shape index (κ3) is 3.91. The second-order valence-electron chi connectivity index (χ2n) is 2.47. The lowest BCUT2D eigenvalue weighted by atomic mass is 10.3. The zero-order valence-corrected chi connectivity index (χ0v) is 9.33. The number of rotatable bonds is 2. The molecule has 0 aliphatic heterocycles. The maximum atomic E-state index is 11.9. The van der Waals surface area contributed by atoms with Crippen LogP contribution >= 0.6 is 22.6 Å². The lowest BCUT2D eigenvalue weighted by Gasteiger charge is -2.09. The molecular formula is C8H4F3IN2O. The van der Waals surface area contributed by atoms with Crippen molar-refractivity contribution in [3.05, 3.63) is 21.4 Å². The van der Waals surface area contributed by atoms with Gasteiger partial charge in [0.2, 0.25) is 5.88 Å². The van der Waals surface area contributed by atoms with Crippen molar-refractivity contribution in [1.82, 2.24) is 4.98 Å². The van der Waals surface area contributed by atoms with Gasteiger partial charge < -0.3 is 4.74 Å². The van der Waals surface area contributed by atoms with E-state index in [-0.39, 0.29) is 15.7 Å². The van der Waals surface area contributed by atoms with Gasteiger partial charge in [-0.15, -0.1) is 13.2 Å². The zero-order valence-electron chi connectivity index (χ0n) is 7.18. The standard InChI is InChI=1S/C8H4F3IN2O/c9-8(10,11)15-7-6(12)2-1-5(14-7)3-4-13/h1-2H,3H2. The van der Waals surface area contributed by atoms with Crippen molar-refractivity contribution in [3.8, 4) is 11.9 Å². The molecule has 1 heterocycles. The molecule has 1 rings (SSSR count). The summed E-state index contributed by atoms with van der Waals surface area (Å²) in [5, 5.41) is 8.36. The van der Waals surface area contributed by atoms with Gasteiger partial charge in [-0.05, 0) is 34.7 Å². The van der Waals surface area contributed by atoms with Gasteiger partial charge in [0.15, 0.2) is 0 Å². The highest BCUT2D eigenvalue weighted by Crippen LogP contribution is 2.25. The molecule has 0 spiro atoms. The Kier molecular flexibility index (Phi) is 3.73. The highest BCUT2D eigenvalue weighted by Gasteiger charge is 2.32. The molecular weight excluding hydrogens is 324 g/mol. The minimum atomic E-state index is -4.77. The number of nitriles is 1. The predicted octanol–water partition coefficient (Wildman–Crippen LogP) is 2.65. The van der Waals surface area contributed by atoms with Gasteiger partial charge in [0.05, 0.1) is 21.8 Å². The minimum absolute atomic E-state index is 0.0505. The van der Waals surface area contributed by atoms with Crippen LogP contribution in [-0.4, -0.2) is 11.3 Å². The smallest absolute Gasteiger partial charge is 0.387 e. The lowest BCUT2D eigenvalue weighted by molar-refractivity contribution is -0.276. The summed E-state index contributed by atoms with van der Waals surface area (Å²) < 4.78 is 39.7. The fourth-order valence-electron chi connectivity index (χ4n) is 0.822. The first-order valence-electron chi connectivity index (χ1n) is 3.70. The highest BCUT2D eigenvalue weighted by atomic mass is 127. The number of hydrogen-bond acceptors (Lipinski definition) is 3. The van der Waals surface area contributed by atoms with Crippen molar-refractivity contribution < 1.29 is 17.9 Å². The van der Waals surface area contributed by atoms with E-state index in [1.54, 1.807) is 28.7 Å². The summed E-state index contributed by atoms with van der Waals surface area (Å²) in [5.41, 5.74) is 0.247. The van der Waals surface area contributed by atoms with Gasteiger partial charge in [-0.2, -0.15) is 5.26 Å². The van der Waals surface area contributed by atoms with Crippen LogP contribution in [0.5, 0.6) is 5.88 Å². The minimum Gasteiger partial charge on any atom is -0.387 e. The summed E-state index contributed by atoms with van der Waals surface area (Å²) >= 11 is 1.68. The topological polar surface area (TPSA) is 45.9 Å². The van der Waals surface area contributed by atoms with E-state index in [4.69, 9.17) is 5.26 Å². The SMILES string of the molecule is N#CCc1ccc(I)c(OC(F)(F)F)n1. The Balaban J connectivity index is 2.96. The van der Waals surface area contributed by atoms with Crippen molar-refractivity contribution >= 4 is 22.6 Å². The molecule has 0 atom stereocenters. The van der Waals surface area contributed by atoms with E-state index in [1.165, 1.54) is 12.1 Å². The van der Waals surface area contributed by atoms with Crippen LogP contribution in [0.4, 0.5) is 13.2 Å². The molecule has 80 valence electrons. The number of alkyl halides is 3. The fraction of sp³-hybridized carbons (Fsp3) is 0.250. The molecule has 0 aromatic carbocycles. The van der Waals surface area contributed by atoms with Crippen LogP contribution in [0.3, 0.4) is 0 Å². The van der Waals surface area contributed by atoms with Gasteiger partial charge in [0.1, 0.15) is 0 Å².